The lowest BCUT2D eigenvalue weighted by molar-refractivity contribution is 0.0947. The third-order valence-corrected chi connectivity index (χ3v) is 2.70. The molecule has 1 N–H and O–H groups in total. The summed E-state index contributed by atoms with van der Waals surface area (Å²) in [7, 11) is 0. The number of halogens is 2. The van der Waals surface area contributed by atoms with E-state index in [4.69, 9.17) is 4.52 Å². The Morgan fingerprint density at radius 1 is 1.47 bits per heavy atom. The smallest absolute Gasteiger partial charge is 0.251 e. The monoisotopic (exact) mass is 298 g/mol. The molecular weight excluding hydrogens is 291 g/mol. The fourth-order valence-corrected chi connectivity index (χ4v) is 1.62. The van der Waals surface area contributed by atoms with E-state index in [2.05, 4.69) is 26.4 Å². The van der Waals surface area contributed by atoms with E-state index in [-0.39, 0.29) is 16.9 Å². The van der Waals surface area contributed by atoms with Gasteiger partial charge in [0.25, 0.3) is 5.91 Å². The molecule has 88 valence electrons. The predicted molar refractivity (Wildman–Crippen MR) is 61.8 cm³/mol. The zero-order valence-corrected chi connectivity index (χ0v) is 10.2. The van der Waals surface area contributed by atoms with Gasteiger partial charge in [0, 0.05) is 11.6 Å². The summed E-state index contributed by atoms with van der Waals surface area (Å²) in [4.78, 5) is 11.7. The Hall–Kier alpha value is -1.69. The standard InChI is InChI=1S/C11H8BrFN2O2/c12-9-5-7(1-2-10(9)13)11(16)14-6-8-3-4-15-17-8/h1-5H,6H2,(H,14,16). The zero-order chi connectivity index (χ0) is 12.3. The van der Waals surface area contributed by atoms with Gasteiger partial charge in [0.2, 0.25) is 0 Å². The molecule has 0 saturated carbocycles. The SMILES string of the molecule is O=C(NCc1ccno1)c1ccc(F)c(Br)c1. The number of carbonyl (C=O) groups is 1. The Morgan fingerprint density at radius 3 is 2.94 bits per heavy atom. The second-order valence-corrected chi connectivity index (χ2v) is 4.14. The van der Waals surface area contributed by atoms with Crippen molar-refractivity contribution < 1.29 is 13.7 Å². The number of nitrogens with one attached hydrogen (secondary N) is 1. The summed E-state index contributed by atoms with van der Waals surface area (Å²) < 4.78 is 18.1. The first-order chi connectivity index (χ1) is 8.16. The van der Waals surface area contributed by atoms with Crippen LogP contribution in [0.25, 0.3) is 0 Å². The average molecular weight is 299 g/mol. The first-order valence-electron chi connectivity index (χ1n) is 4.79. The molecule has 0 fully saturated rings. The number of rotatable bonds is 3. The van der Waals surface area contributed by atoms with Crippen LogP contribution in [0.15, 0.2) is 39.5 Å². The third kappa shape index (κ3) is 2.91. The molecule has 0 bridgehead atoms. The molecule has 0 aliphatic rings. The highest BCUT2D eigenvalue weighted by Gasteiger charge is 2.08. The van der Waals surface area contributed by atoms with Crippen LogP contribution >= 0.6 is 15.9 Å². The van der Waals surface area contributed by atoms with Gasteiger partial charge in [0.15, 0.2) is 5.76 Å². The van der Waals surface area contributed by atoms with E-state index >= 15 is 0 Å². The van der Waals surface area contributed by atoms with E-state index in [1.54, 1.807) is 6.07 Å². The molecule has 0 aliphatic heterocycles. The fraction of sp³-hybridized carbons (Fsp3) is 0.0909. The van der Waals surface area contributed by atoms with E-state index in [1.807, 2.05) is 0 Å². The van der Waals surface area contributed by atoms with Crippen molar-refractivity contribution in [2.24, 2.45) is 0 Å². The number of hydrogen-bond acceptors (Lipinski definition) is 3. The Morgan fingerprint density at radius 2 is 2.29 bits per heavy atom. The average Bonchev–Trinajstić information content (AvgIpc) is 2.82. The summed E-state index contributed by atoms with van der Waals surface area (Å²) in [6.45, 7) is 0.244. The Balaban J connectivity index is 2.02. The van der Waals surface area contributed by atoms with Gasteiger partial charge in [-0.25, -0.2) is 4.39 Å². The van der Waals surface area contributed by atoms with Gasteiger partial charge >= 0.3 is 0 Å². The van der Waals surface area contributed by atoms with E-state index in [1.165, 1.54) is 24.4 Å². The van der Waals surface area contributed by atoms with Gasteiger partial charge in [-0.3, -0.25) is 4.79 Å². The molecule has 2 aromatic rings. The third-order valence-electron chi connectivity index (χ3n) is 2.10. The Kier molecular flexibility index (Phi) is 3.53. The molecule has 4 nitrogen and oxygen atoms in total. The minimum atomic E-state index is -0.406. The molecule has 1 aromatic heterocycles. The summed E-state index contributed by atoms with van der Waals surface area (Å²) in [6, 6.07) is 5.72. The molecular formula is C11H8BrFN2O2. The first kappa shape index (κ1) is 11.8. The van der Waals surface area contributed by atoms with E-state index in [9.17, 15) is 9.18 Å². The molecule has 0 spiro atoms. The second kappa shape index (κ2) is 5.09. The summed E-state index contributed by atoms with van der Waals surface area (Å²) in [5.41, 5.74) is 0.373. The highest BCUT2D eigenvalue weighted by Crippen LogP contribution is 2.16. The van der Waals surface area contributed by atoms with Crippen LogP contribution in [-0.2, 0) is 6.54 Å². The van der Waals surface area contributed by atoms with Crippen molar-refractivity contribution in [3.63, 3.8) is 0 Å². The van der Waals surface area contributed by atoms with Crippen molar-refractivity contribution in [1.82, 2.24) is 10.5 Å². The lowest BCUT2D eigenvalue weighted by Crippen LogP contribution is -2.22. The van der Waals surface area contributed by atoms with Crippen LogP contribution in [0, 0.1) is 5.82 Å². The lowest BCUT2D eigenvalue weighted by Gasteiger charge is -2.03. The molecule has 0 unspecified atom stereocenters. The topological polar surface area (TPSA) is 55.1 Å². The van der Waals surface area contributed by atoms with Crippen LogP contribution in [-0.4, -0.2) is 11.1 Å². The summed E-state index contributed by atoms with van der Waals surface area (Å²) in [5, 5.41) is 6.15. The zero-order valence-electron chi connectivity index (χ0n) is 8.61. The number of benzene rings is 1. The number of carbonyl (C=O) groups excluding carboxylic acids is 1. The molecule has 0 aliphatic carbocycles. The molecule has 6 heteroatoms. The van der Waals surface area contributed by atoms with Crippen molar-refractivity contribution in [2.45, 2.75) is 6.54 Å². The first-order valence-corrected chi connectivity index (χ1v) is 5.59. The van der Waals surface area contributed by atoms with Crippen LogP contribution in [0.4, 0.5) is 4.39 Å². The number of amides is 1. The van der Waals surface area contributed by atoms with Crippen molar-refractivity contribution in [3.05, 3.63) is 52.1 Å². The molecule has 0 atom stereocenters. The van der Waals surface area contributed by atoms with Gasteiger partial charge in [-0.1, -0.05) is 5.16 Å². The number of hydrogen-bond donors (Lipinski definition) is 1. The van der Waals surface area contributed by atoms with Crippen LogP contribution in [0.2, 0.25) is 0 Å². The highest BCUT2D eigenvalue weighted by atomic mass is 79.9. The molecule has 0 saturated heterocycles. The molecule has 1 amide bonds. The second-order valence-electron chi connectivity index (χ2n) is 3.29. The Bertz CT molecular complexity index is 528. The van der Waals surface area contributed by atoms with Crippen molar-refractivity contribution in [2.75, 3.05) is 0 Å². The van der Waals surface area contributed by atoms with E-state index in [0.29, 0.717) is 11.3 Å². The Labute approximate surface area is 105 Å². The van der Waals surface area contributed by atoms with Crippen molar-refractivity contribution in [1.29, 1.82) is 0 Å². The van der Waals surface area contributed by atoms with Gasteiger partial charge in [-0.15, -0.1) is 0 Å². The summed E-state index contributed by atoms with van der Waals surface area (Å²) in [6.07, 6.45) is 1.50. The minimum absolute atomic E-state index is 0.244. The van der Waals surface area contributed by atoms with E-state index in [0.717, 1.165) is 0 Å². The molecule has 1 heterocycles. The van der Waals surface area contributed by atoms with Crippen molar-refractivity contribution in [3.8, 4) is 0 Å². The molecule has 2 rings (SSSR count). The highest BCUT2D eigenvalue weighted by molar-refractivity contribution is 9.10. The maximum absolute atomic E-state index is 13.0. The summed E-state index contributed by atoms with van der Waals surface area (Å²) >= 11 is 3.02. The molecule has 0 radical (unpaired) electrons. The number of aromatic nitrogens is 1. The normalized spacial score (nSPS) is 10.2. The van der Waals surface area contributed by atoms with Gasteiger partial charge in [-0.05, 0) is 34.1 Å². The van der Waals surface area contributed by atoms with Gasteiger partial charge in [-0.2, -0.15) is 0 Å². The van der Waals surface area contributed by atoms with Gasteiger partial charge < -0.3 is 9.84 Å². The lowest BCUT2D eigenvalue weighted by atomic mass is 10.2. The molecule has 1 aromatic carbocycles. The molecule has 17 heavy (non-hydrogen) atoms. The van der Waals surface area contributed by atoms with Crippen LogP contribution < -0.4 is 5.32 Å². The van der Waals surface area contributed by atoms with Crippen LogP contribution in [0.3, 0.4) is 0 Å². The quantitative estimate of drug-likeness (QED) is 0.947. The fourth-order valence-electron chi connectivity index (χ4n) is 1.24. The van der Waals surface area contributed by atoms with Crippen LogP contribution in [0.1, 0.15) is 16.1 Å². The van der Waals surface area contributed by atoms with Gasteiger partial charge in [0.1, 0.15) is 5.82 Å². The van der Waals surface area contributed by atoms with Crippen molar-refractivity contribution >= 4 is 21.8 Å². The minimum Gasteiger partial charge on any atom is -0.360 e. The number of nitrogens with zero attached hydrogens (tertiary/aromatic N) is 1. The maximum atomic E-state index is 13.0. The van der Waals surface area contributed by atoms with E-state index < -0.39 is 5.82 Å². The predicted octanol–water partition coefficient (Wildman–Crippen LogP) is 2.51. The maximum Gasteiger partial charge on any atom is 0.251 e. The van der Waals surface area contributed by atoms with Crippen LogP contribution in [0.5, 0.6) is 0 Å². The summed E-state index contributed by atoms with van der Waals surface area (Å²) in [5.74, 6) is -0.154. The largest absolute Gasteiger partial charge is 0.360 e. The van der Waals surface area contributed by atoms with Gasteiger partial charge in [0.05, 0.1) is 17.2 Å².